The molecule has 0 spiro atoms. The summed E-state index contributed by atoms with van der Waals surface area (Å²) in [6.45, 7) is 3.14. The van der Waals surface area contributed by atoms with Crippen molar-refractivity contribution in [2.45, 2.75) is 44.6 Å². The molecule has 1 aromatic rings. The Morgan fingerprint density at radius 2 is 1.81 bits per heavy atom. The minimum atomic E-state index is -4.35. The van der Waals surface area contributed by atoms with Crippen LogP contribution in [0.4, 0.5) is 13.2 Å². The Labute approximate surface area is 123 Å². The maximum Gasteiger partial charge on any atom is 0.405 e. The minimum absolute atomic E-state index is 0.320. The molecule has 6 heteroatoms. The van der Waals surface area contributed by atoms with Crippen molar-refractivity contribution >= 4 is 0 Å². The van der Waals surface area contributed by atoms with E-state index in [1.54, 1.807) is 20.1 Å². The molecule has 1 rings (SSSR count). The van der Waals surface area contributed by atoms with Crippen LogP contribution in [0.15, 0.2) is 24.3 Å². The lowest BCUT2D eigenvalue weighted by molar-refractivity contribution is -0.189. The molecule has 0 fully saturated rings. The van der Waals surface area contributed by atoms with E-state index in [-0.39, 0.29) is 6.04 Å². The largest absolute Gasteiger partial charge is 0.496 e. The fourth-order valence-electron chi connectivity index (χ4n) is 2.51. The van der Waals surface area contributed by atoms with E-state index in [1.165, 1.54) is 18.9 Å². The van der Waals surface area contributed by atoms with E-state index < -0.39 is 18.3 Å². The first kappa shape index (κ1) is 17.8. The number of hydrogen-bond acceptors (Lipinski definition) is 3. The van der Waals surface area contributed by atoms with Gasteiger partial charge in [0.2, 0.25) is 0 Å². The topological polar surface area (TPSA) is 38.5 Å². The molecule has 0 amide bonds. The third kappa shape index (κ3) is 4.61. The van der Waals surface area contributed by atoms with E-state index in [9.17, 15) is 13.2 Å². The molecular weight excluding hydrogens is 281 g/mol. The summed E-state index contributed by atoms with van der Waals surface area (Å²) in [4.78, 5) is 1.29. The second kappa shape index (κ2) is 7.13. The van der Waals surface area contributed by atoms with E-state index >= 15 is 0 Å². The Bertz CT molecular complexity index is 449. The molecule has 3 atom stereocenters. The van der Waals surface area contributed by atoms with Crippen molar-refractivity contribution in [2.24, 2.45) is 5.73 Å². The van der Waals surface area contributed by atoms with Crippen molar-refractivity contribution in [2.75, 3.05) is 14.2 Å². The molecule has 0 heterocycles. The molecule has 3 nitrogen and oxygen atoms in total. The van der Waals surface area contributed by atoms with E-state index in [4.69, 9.17) is 10.5 Å². The molecule has 120 valence electrons. The predicted octanol–water partition coefficient (Wildman–Crippen LogP) is 2.84. The third-order valence-corrected chi connectivity index (χ3v) is 3.68. The molecule has 0 bridgehead atoms. The zero-order chi connectivity index (χ0) is 16.2. The number of hydrogen-bond donors (Lipinski definition) is 1. The van der Waals surface area contributed by atoms with Crippen LogP contribution in [0.1, 0.15) is 19.4 Å². The summed E-state index contributed by atoms with van der Waals surface area (Å²) >= 11 is 0. The molecule has 3 unspecified atom stereocenters. The lowest BCUT2D eigenvalue weighted by Gasteiger charge is -2.36. The normalized spacial score (nSPS) is 16.6. The maximum atomic E-state index is 13.1. The van der Waals surface area contributed by atoms with Crippen LogP contribution in [0.5, 0.6) is 5.75 Å². The summed E-state index contributed by atoms with van der Waals surface area (Å²) in [7, 11) is 3.01. The van der Waals surface area contributed by atoms with Crippen molar-refractivity contribution in [1.29, 1.82) is 0 Å². The van der Waals surface area contributed by atoms with Gasteiger partial charge in [-0.05, 0) is 38.9 Å². The summed E-state index contributed by atoms with van der Waals surface area (Å²) in [5.41, 5.74) is 6.40. The summed E-state index contributed by atoms with van der Waals surface area (Å²) in [5.74, 6) is 0.683. The Balaban J connectivity index is 2.89. The number of halogens is 3. The average Bonchev–Trinajstić information content (AvgIpc) is 2.37. The Kier molecular flexibility index (Phi) is 6.04. The second-order valence-electron chi connectivity index (χ2n) is 5.38. The van der Waals surface area contributed by atoms with E-state index in [2.05, 4.69) is 0 Å². The molecule has 21 heavy (non-hydrogen) atoms. The quantitative estimate of drug-likeness (QED) is 0.878. The van der Waals surface area contributed by atoms with E-state index in [0.29, 0.717) is 12.2 Å². The molecule has 0 aliphatic carbocycles. The highest BCUT2D eigenvalue weighted by Gasteiger charge is 2.45. The smallest absolute Gasteiger partial charge is 0.405 e. The van der Waals surface area contributed by atoms with Crippen molar-refractivity contribution < 1.29 is 17.9 Å². The standard InChI is InChI=1S/C15H23F3N2O/c1-10(9-12-7-5-6-8-13(12)21-4)20(3)14(11(2)19)15(16,17)18/h5-8,10-11,14H,9,19H2,1-4H3. The molecule has 0 aliphatic rings. The van der Waals surface area contributed by atoms with Gasteiger partial charge >= 0.3 is 6.18 Å². The molecule has 0 aliphatic heterocycles. The number of benzene rings is 1. The number of likely N-dealkylation sites (N-methyl/N-ethyl adjacent to an activating group) is 1. The van der Waals surface area contributed by atoms with Gasteiger partial charge in [0.15, 0.2) is 0 Å². The van der Waals surface area contributed by atoms with Gasteiger partial charge in [-0.15, -0.1) is 0 Å². The lowest BCUT2D eigenvalue weighted by Crippen LogP contribution is -2.56. The van der Waals surface area contributed by atoms with Crippen molar-refractivity contribution in [3.8, 4) is 5.75 Å². The second-order valence-corrected chi connectivity index (χ2v) is 5.38. The number of para-hydroxylation sites is 1. The molecule has 1 aromatic carbocycles. The van der Waals surface area contributed by atoms with Gasteiger partial charge in [0.05, 0.1) is 7.11 Å². The highest BCUT2D eigenvalue weighted by molar-refractivity contribution is 5.33. The van der Waals surface area contributed by atoms with Crippen LogP contribution < -0.4 is 10.5 Å². The summed E-state index contributed by atoms with van der Waals surface area (Å²) in [5, 5.41) is 0. The fourth-order valence-corrected chi connectivity index (χ4v) is 2.51. The van der Waals surface area contributed by atoms with Gasteiger partial charge in [-0.1, -0.05) is 18.2 Å². The third-order valence-electron chi connectivity index (χ3n) is 3.68. The van der Waals surface area contributed by atoms with Crippen LogP contribution in [-0.4, -0.2) is 43.4 Å². The number of nitrogens with zero attached hydrogens (tertiary/aromatic N) is 1. The van der Waals surface area contributed by atoms with Gasteiger partial charge in [0.25, 0.3) is 0 Å². The molecule has 0 saturated carbocycles. The number of alkyl halides is 3. The van der Waals surface area contributed by atoms with Crippen LogP contribution in [0.25, 0.3) is 0 Å². The van der Waals surface area contributed by atoms with Crippen molar-refractivity contribution in [3.05, 3.63) is 29.8 Å². The summed E-state index contributed by atoms with van der Waals surface area (Å²) in [6.07, 6.45) is -3.89. The average molecular weight is 304 g/mol. The maximum absolute atomic E-state index is 13.1. The van der Waals surface area contributed by atoms with Crippen molar-refractivity contribution in [3.63, 3.8) is 0 Å². The molecule has 0 aromatic heterocycles. The highest BCUT2D eigenvalue weighted by atomic mass is 19.4. The van der Waals surface area contributed by atoms with Crippen LogP contribution in [0.2, 0.25) is 0 Å². The zero-order valence-corrected chi connectivity index (χ0v) is 12.8. The lowest BCUT2D eigenvalue weighted by atomic mass is 10.0. The minimum Gasteiger partial charge on any atom is -0.496 e. The van der Waals surface area contributed by atoms with Crippen LogP contribution in [0.3, 0.4) is 0 Å². The fraction of sp³-hybridized carbons (Fsp3) is 0.600. The molecule has 0 radical (unpaired) electrons. The first-order valence-electron chi connectivity index (χ1n) is 6.84. The highest BCUT2D eigenvalue weighted by Crippen LogP contribution is 2.29. The van der Waals surface area contributed by atoms with E-state index in [0.717, 1.165) is 5.56 Å². The number of rotatable bonds is 6. The Morgan fingerprint density at radius 1 is 1.24 bits per heavy atom. The molecular formula is C15H23F3N2O. The first-order valence-corrected chi connectivity index (χ1v) is 6.84. The molecule has 0 saturated heterocycles. The Morgan fingerprint density at radius 3 is 2.29 bits per heavy atom. The number of ether oxygens (including phenoxy) is 1. The van der Waals surface area contributed by atoms with Crippen molar-refractivity contribution in [1.82, 2.24) is 4.90 Å². The van der Waals surface area contributed by atoms with Gasteiger partial charge in [-0.2, -0.15) is 13.2 Å². The van der Waals surface area contributed by atoms with Crippen LogP contribution in [-0.2, 0) is 6.42 Å². The monoisotopic (exact) mass is 304 g/mol. The van der Waals surface area contributed by atoms with Gasteiger partial charge < -0.3 is 10.5 Å². The number of methoxy groups -OCH3 is 1. The predicted molar refractivity (Wildman–Crippen MR) is 77.4 cm³/mol. The Hall–Kier alpha value is -1.27. The summed E-state index contributed by atoms with van der Waals surface area (Å²) in [6, 6.07) is 4.36. The summed E-state index contributed by atoms with van der Waals surface area (Å²) < 4.78 is 44.6. The first-order chi connectivity index (χ1) is 9.68. The molecule has 2 N–H and O–H groups in total. The van der Waals surface area contributed by atoms with Gasteiger partial charge in [0.1, 0.15) is 11.8 Å². The van der Waals surface area contributed by atoms with Crippen LogP contribution in [0, 0.1) is 0 Å². The zero-order valence-electron chi connectivity index (χ0n) is 12.8. The SMILES string of the molecule is COc1ccccc1CC(C)N(C)C(C(C)N)C(F)(F)F. The van der Waals surface area contributed by atoms with Gasteiger partial charge in [-0.3, -0.25) is 4.90 Å². The van der Waals surface area contributed by atoms with Gasteiger partial charge in [0, 0.05) is 12.1 Å². The number of nitrogens with two attached hydrogens (primary N) is 1. The van der Waals surface area contributed by atoms with E-state index in [1.807, 2.05) is 18.2 Å². The van der Waals surface area contributed by atoms with Gasteiger partial charge in [-0.25, -0.2) is 0 Å². The van der Waals surface area contributed by atoms with Crippen LogP contribution >= 0.6 is 0 Å².